The normalized spacial score (nSPS) is 23.2. The van der Waals surface area contributed by atoms with E-state index in [1.165, 1.54) is 11.8 Å². The number of ether oxygens (including phenoxy) is 1. The molecule has 1 amide bonds. The third kappa shape index (κ3) is 4.29. The fourth-order valence-corrected chi connectivity index (χ4v) is 4.99. The molecule has 2 saturated heterocycles. The lowest BCUT2D eigenvalue weighted by molar-refractivity contribution is -0.00871. The number of carbonyl (C=O) groups is 1. The van der Waals surface area contributed by atoms with E-state index in [0.717, 1.165) is 36.0 Å². The Balaban J connectivity index is 1.19. The van der Waals surface area contributed by atoms with E-state index in [1.807, 2.05) is 17.0 Å². The summed E-state index contributed by atoms with van der Waals surface area (Å²) in [5.74, 6) is 0.273. The van der Waals surface area contributed by atoms with Gasteiger partial charge in [0, 0.05) is 36.5 Å². The van der Waals surface area contributed by atoms with Crippen molar-refractivity contribution in [2.75, 3.05) is 37.7 Å². The molecular weight excluding hydrogens is 465 g/mol. The van der Waals surface area contributed by atoms with E-state index in [2.05, 4.69) is 36.2 Å². The molecule has 1 N–H and O–H groups in total. The molecule has 2 aliphatic heterocycles. The van der Waals surface area contributed by atoms with Crippen LogP contribution in [0.15, 0.2) is 18.3 Å². The van der Waals surface area contributed by atoms with Crippen molar-refractivity contribution in [3.8, 4) is 12.1 Å². The molecule has 3 aromatic heterocycles. The third-order valence-electron chi connectivity index (χ3n) is 7.17. The van der Waals surface area contributed by atoms with Gasteiger partial charge in [0.2, 0.25) is 11.8 Å². The van der Waals surface area contributed by atoms with Crippen molar-refractivity contribution < 1.29 is 13.9 Å². The lowest BCUT2D eigenvalue weighted by Crippen LogP contribution is -2.59. The number of H-pyrrole nitrogens is 1. The molecule has 12 heteroatoms. The number of halogens is 1. The summed E-state index contributed by atoms with van der Waals surface area (Å²) in [5.41, 5.74) is 0.399. The first-order chi connectivity index (χ1) is 17.4. The number of piperidine rings is 1. The predicted molar refractivity (Wildman–Crippen MR) is 126 cm³/mol. The van der Waals surface area contributed by atoms with Gasteiger partial charge in [-0.3, -0.25) is 9.89 Å². The Morgan fingerprint density at radius 1 is 1.31 bits per heavy atom. The van der Waals surface area contributed by atoms with E-state index in [0.29, 0.717) is 25.6 Å². The topological polar surface area (TPSA) is 137 Å². The summed E-state index contributed by atoms with van der Waals surface area (Å²) in [4.78, 5) is 33.8. The van der Waals surface area contributed by atoms with Gasteiger partial charge in [-0.1, -0.05) is 0 Å². The minimum absolute atomic E-state index is 0.00678. The molecule has 0 spiro atoms. The zero-order chi connectivity index (χ0) is 24.9. The van der Waals surface area contributed by atoms with Crippen LogP contribution in [0.25, 0.3) is 11.0 Å². The van der Waals surface area contributed by atoms with Crippen LogP contribution < -0.4 is 9.64 Å². The van der Waals surface area contributed by atoms with Crippen LogP contribution in [0.1, 0.15) is 48.4 Å². The summed E-state index contributed by atoms with van der Waals surface area (Å²) in [7, 11) is 0. The van der Waals surface area contributed by atoms with E-state index >= 15 is 0 Å². The van der Waals surface area contributed by atoms with E-state index < -0.39 is 11.6 Å². The van der Waals surface area contributed by atoms with Crippen LogP contribution in [0.5, 0.6) is 6.01 Å². The molecule has 11 nitrogen and oxygen atoms in total. The molecule has 186 valence electrons. The van der Waals surface area contributed by atoms with E-state index in [9.17, 15) is 9.18 Å². The van der Waals surface area contributed by atoms with Crippen molar-refractivity contribution in [2.45, 2.75) is 37.8 Å². The molecular formula is C24H26FN9O2. The minimum Gasteiger partial charge on any atom is -0.463 e. The van der Waals surface area contributed by atoms with Gasteiger partial charge in [-0.2, -0.15) is 25.3 Å². The molecule has 0 bridgehead atoms. The monoisotopic (exact) mass is 491 g/mol. The zero-order valence-corrected chi connectivity index (χ0v) is 19.9. The standard InChI is InChI=1S/C24H26FN9O2/c1-24(25)12-34(13-24)21(35)20-28-22(30-23(29-20)36-11-16-9-15(16)10-26)33-7-4-14(5-8-33)18-17-3-2-6-27-19(17)32-31-18/h2-3,6,14-16H,4-5,7-9,11-13H2,1H3,(H,27,31,32)/t15-,16+/m0/s1. The summed E-state index contributed by atoms with van der Waals surface area (Å²) in [6.07, 6.45) is 4.19. The summed E-state index contributed by atoms with van der Waals surface area (Å²) >= 11 is 0. The smallest absolute Gasteiger partial charge is 0.321 e. The van der Waals surface area contributed by atoms with Crippen LogP contribution in [0.4, 0.5) is 10.3 Å². The quantitative estimate of drug-likeness (QED) is 0.550. The van der Waals surface area contributed by atoms with Crippen molar-refractivity contribution in [3.63, 3.8) is 0 Å². The van der Waals surface area contributed by atoms with Gasteiger partial charge in [0.1, 0.15) is 5.67 Å². The van der Waals surface area contributed by atoms with Crippen molar-refractivity contribution in [3.05, 3.63) is 29.8 Å². The van der Waals surface area contributed by atoms with Gasteiger partial charge in [0.25, 0.3) is 5.91 Å². The molecule has 1 saturated carbocycles. The number of hydrogen-bond donors (Lipinski definition) is 1. The van der Waals surface area contributed by atoms with Crippen LogP contribution in [0.3, 0.4) is 0 Å². The number of nitrogens with one attached hydrogen (secondary N) is 1. The van der Waals surface area contributed by atoms with Gasteiger partial charge in [0.05, 0.1) is 37.4 Å². The first-order valence-electron chi connectivity index (χ1n) is 12.2. The maximum Gasteiger partial charge on any atom is 0.321 e. The highest BCUT2D eigenvalue weighted by atomic mass is 19.1. The van der Waals surface area contributed by atoms with Crippen molar-refractivity contribution >= 4 is 22.9 Å². The number of nitriles is 1. The maximum atomic E-state index is 14.0. The average molecular weight is 492 g/mol. The number of nitrogens with zero attached hydrogens (tertiary/aromatic N) is 8. The Kier molecular flexibility index (Phi) is 5.43. The number of likely N-dealkylation sites (tertiary alicyclic amines) is 1. The van der Waals surface area contributed by atoms with E-state index in [1.54, 1.807) is 6.20 Å². The lowest BCUT2D eigenvalue weighted by atomic mass is 9.92. The van der Waals surface area contributed by atoms with Gasteiger partial charge < -0.3 is 14.5 Å². The SMILES string of the molecule is CC1(F)CN(C(=O)c2nc(OC[C@H]3C[C@H]3C#N)nc(N3CCC(c4n[nH]c5ncccc45)CC3)n2)C1. The largest absolute Gasteiger partial charge is 0.463 e. The number of amides is 1. The minimum atomic E-state index is -1.39. The molecule has 5 heterocycles. The van der Waals surface area contributed by atoms with Crippen LogP contribution in [0.2, 0.25) is 0 Å². The molecule has 0 aromatic carbocycles. The predicted octanol–water partition coefficient (Wildman–Crippen LogP) is 2.25. The summed E-state index contributed by atoms with van der Waals surface area (Å²) in [5, 5.41) is 17.6. The summed E-state index contributed by atoms with van der Waals surface area (Å²) < 4.78 is 19.8. The van der Waals surface area contributed by atoms with Crippen LogP contribution >= 0.6 is 0 Å². The van der Waals surface area contributed by atoms with Gasteiger partial charge in [0.15, 0.2) is 5.65 Å². The molecule has 3 aromatic rings. The van der Waals surface area contributed by atoms with E-state index in [4.69, 9.17) is 10.00 Å². The Morgan fingerprint density at radius 2 is 2.11 bits per heavy atom. The summed E-state index contributed by atoms with van der Waals surface area (Å²) in [6.45, 7) is 3.13. The highest BCUT2D eigenvalue weighted by Gasteiger charge is 2.43. The fraction of sp³-hybridized carbons (Fsp3) is 0.542. The van der Waals surface area contributed by atoms with Gasteiger partial charge in [-0.15, -0.1) is 0 Å². The average Bonchev–Trinajstić information content (AvgIpc) is 3.52. The Hall–Kier alpha value is -3.88. The number of aromatic nitrogens is 6. The number of anilines is 1. The van der Waals surface area contributed by atoms with Gasteiger partial charge in [-0.05, 0) is 38.3 Å². The van der Waals surface area contributed by atoms with Gasteiger partial charge in [-0.25, -0.2) is 9.37 Å². The summed E-state index contributed by atoms with van der Waals surface area (Å²) in [6, 6.07) is 6.22. The molecule has 36 heavy (non-hydrogen) atoms. The highest BCUT2D eigenvalue weighted by Crippen LogP contribution is 2.38. The Morgan fingerprint density at radius 3 is 2.83 bits per heavy atom. The third-order valence-corrected chi connectivity index (χ3v) is 7.17. The second-order valence-electron chi connectivity index (χ2n) is 10.1. The van der Waals surface area contributed by atoms with Crippen molar-refractivity contribution in [2.24, 2.45) is 11.8 Å². The van der Waals surface area contributed by atoms with Crippen molar-refractivity contribution in [1.29, 1.82) is 5.26 Å². The first-order valence-corrected chi connectivity index (χ1v) is 12.2. The molecule has 3 aliphatic rings. The molecule has 0 radical (unpaired) electrons. The molecule has 0 unspecified atom stereocenters. The second-order valence-corrected chi connectivity index (χ2v) is 10.1. The second kappa shape index (κ2) is 8.65. The molecule has 3 fully saturated rings. The van der Waals surface area contributed by atoms with Gasteiger partial charge >= 0.3 is 6.01 Å². The van der Waals surface area contributed by atoms with Crippen molar-refractivity contribution in [1.82, 2.24) is 35.0 Å². The number of rotatable bonds is 6. The molecule has 6 rings (SSSR count). The number of fused-ring (bicyclic) bond motifs is 1. The fourth-order valence-electron chi connectivity index (χ4n) is 4.99. The maximum absolute atomic E-state index is 14.0. The number of hydrogen-bond acceptors (Lipinski definition) is 9. The first kappa shape index (κ1) is 22.6. The molecule has 2 atom stereocenters. The number of aromatic amines is 1. The van der Waals surface area contributed by atoms with Crippen LogP contribution in [0, 0.1) is 23.2 Å². The van der Waals surface area contributed by atoms with E-state index in [-0.39, 0.29) is 42.7 Å². The number of alkyl halides is 1. The highest BCUT2D eigenvalue weighted by molar-refractivity contribution is 5.91. The zero-order valence-electron chi connectivity index (χ0n) is 19.9. The number of pyridine rings is 1. The Bertz CT molecular complexity index is 1340. The van der Waals surface area contributed by atoms with Crippen LogP contribution in [-0.2, 0) is 0 Å². The molecule has 1 aliphatic carbocycles. The lowest BCUT2D eigenvalue weighted by Gasteiger charge is -2.41. The van der Waals surface area contributed by atoms with Crippen LogP contribution in [-0.4, -0.2) is 79.4 Å². The number of carbonyl (C=O) groups excluding carboxylic acids is 1. The Labute approximate surface area is 206 Å².